The molecular formula is C25H23N3O3S. The number of hydrogen-bond donors (Lipinski definition) is 1. The summed E-state index contributed by atoms with van der Waals surface area (Å²) in [6, 6.07) is 19.3. The zero-order chi connectivity index (χ0) is 22.2. The predicted molar refractivity (Wildman–Crippen MR) is 125 cm³/mol. The molecule has 2 amide bonds. The molecule has 0 fully saturated rings. The summed E-state index contributed by atoms with van der Waals surface area (Å²) in [4.78, 5) is 29.1. The fourth-order valence-corrected chi connectivity index (χ4v) is 5.12. The summed E-state index contributed by atoms with van der Waals surface area (Å²) in [6.07, 6.45) is 0. The van der Waals surface area contributed by atoms with Gasteiger partial charge in [0.1, 0.15) is 18.0 Å². The Hall–Kier alpha value is -3.58. The van der Waals surface area contributed by atoms with Gasteiger partial charge in [-0.25, -0.2) is 0 Å². The Labute approximate surface area is 190 Å². The maximum absolute atomic E-state index is 13.6. The van der Waals surface area contributed by atoms with Crippen molar-refractivity contribution in [3.05, 3.63) is 87.7 Å². The number of aromatic nitrogens is 1. The van der Waals surface area contributed by atoms with Gasteiger partial charge in [-0.1, -0.05) is 36.4 Å². The van der Waals surface area contributed by atoms with Crippen molar-refractivity contribution in [3.8, 4) is 5.75 Å². The highest BCUT2D eigenvalue weighted by Crippen LogP contribution is 2.43. The minimum absolute atomic E-state index is 0.0100. The SMILES string of the molecule is COc1ccc([C@@H]2c3c(n(C)c4ccccc34)C(=O)N2CC(=O)NCc2cccs2)cc1. The fourth-order valence-electron chi connectivity index (χ4n) is 4.47. The van der Waals surface area contributed by atoms with Gasteiger partial charge in [-0.15, -0.1) is 11.3 Å². The normalized spacial score (nSPS) is 15.2. The Morgan fingerprint density at radius 3 is 2.59 bits per heavy atom. The van der Waals surface area contributed by atoms with Crippen molar-refractivity contribution in [1.29, 1.82) is 0 Å². The van der Waals surface area contributed by atoms with Crippen LogP contribution >= 0.6 is 11.3 Å². The van der Waals surface area contributed by atoms with Crippen LogP contribution in [0.3, 0.4) is 0 Å². The number of amides is 2. The number of hydrogen-bond acceptors (Lipinski definition) is 4. The van der Waals surface area contributed by atoms with E-state index in [1.165, 1.54) is 0 Å². The van der Waals surface area contributed by atoms with Crippen LogP contribution in [0.15, 0.2) is 66.0 Å². The molecule has 0 bridgehead atoms. The molecule has 0 radical (unpaired) electrons. The van der Waals surface area contributed by atoms with Crippen LogP contribution in [0.25, 0.3) is 10.9 Å². The smallest absolute Gasteiger partial charge is 0.272 e. The molecule has 0 spiro atoms. The molecule has 4 aromatic rings. The summed E-state index contributed by atoms with van der Waals surface area (Å²) >= 11 is 1.59. The number of thiophene rings is 1. The van der Waals surface area contributed by atoms with Crippen molar-refractivity contribution in [2.24, 2.45) is 7.05 Å². The molecule has 0 aliphatic carbocycles. The molecule has 7 heteroatoms. The van der Waals surface area contributed by atoms with Crippen LogP contribution in [0.1, 0.15) is 32.5 Å². The number of carbonyl (C=O) groups is 2. The molecule has 0 saturated carbocycles. The molecule has 1 atom stereocenters. The average Bonchev–Trinajstić information content (AvgIpc) is 3.51. The maximum Gasteiger partial charge on any atom is 0.272 e. The second-order valence-electron chi connectivity index (χ2n) is 7.80. The number of nitrogens with zero attached hydrogens (tertiary/aromatic N) is 2. The molecule has 5 rings (SSSR count). The largest absolute Gasteiger partial charge is 0.497 e. The Balaban J connectivity index is 1.53. The summed E-state index contributed by atoms with van der Waals surface area (Å²) < 4.78 is 7.25. The van der Waals surface area contributed by atoms with Crippen molar-refractivity contribution in [2.75, 3.05) is 13.7 Å². The minimum Gasteiger partial charge on any atom is -0.497 e. The Kier molecular flexibility index (Phi) is 5.19. The number of ether oxygens (including phenoxy) is 1. The first-order chi connectivity index (χ1) is 15.6. The van der Waals surface area contributed by atoms with Gasteiger partial charge in [0.05, 0.1) is 19.7 Å². The fraction of sp³-hybridized carbons (Fsp3) is 0.200. The van der Waals surface area contributed by atoms with E-state index in [1.54, 1.807) is 23.3 Å². The molecule has 2 aromatic carbocycles. The summed E-state index contributed by atoms with van der Waals surface area (Å²) in [7, 11) is 3.53. The van der Waals surface area contributed by atoms with E-state index in [9.17, 15) is 9.59 Å². The number of methoxy groups -OCH3 is 1. The van der Waals surface area contributed by atoms with Gasteiger partial charge < -0.3 is 19.5 Å². The lowest BCUT2D eigenvalue weighted by Gasteiger charge is -2.26. The highest BCUT2D eigenvalue weighted by atomic mass is 32.1. The predicted octanol–water partition coefficient (Wildman–Crippen LogP) is 4.11. The molecule has 2 aromatic heterocycles. The van der Waals surface area contributed by atoms with E-state index in [4.69, 9.17) is 4.74 Å². The van der Waals surface area contributed by atoms with E-state index in [1.807, 2.05) is 77.7 Å². The monoisotopic (exact) mass is 445 g/mol. The Morgan fingerprint density at radius 1 is 1.09 bits per heavy atom. The lowest BCUT2D eigenvalue weighted by Crippen LogP contribution is -2.39. The van der Waals surface area contributed by atoms with Crippen LogP contribution in [-0.2, 0) is 18.4 Å². The first-order valence-corrected chi connectivity index (χ1v) is 11.3. The average molecular weight is 446 g/mol. The molecule has 0 unspecified atom stereocenters. The van der Waals surface area contributed by atoms with Crippen molar-refractivity contribution < 1.29 is 14.3 Å². The van der Waals surface area contributed by atoms with Crippen molar-refractivity contribution in [3.63, 3.8) is 0 Å². The lowest BCUT2D eigenvalue weighted by molar-refractivity contribution is -0.122. The van der Waals surface area contributed by atoms with Crippen molar-refractivity contribution in [1.82, 2.24) is 14.8 Å². The van der Waals surface area contributed by atoms with Crippen LogP contribution in [-0.4, -0.2) is 34.9 Å². The van der Waals surface area contributed by atoms with Gasteiger partial charge in [-0.05, 0) is 35.2 Å². The number of fused-ring (bicyclic) bond motifs is 3. The Morgan fingerprint density at radius 2 is 1.88 bits per heavy atom. The zero-order valence-corrected chi connectivity index (χ0v) is 18.7. The third kappa shape index (κ3) is 3.35. The first kappa shape index (κ1) is 20.3. The van der Waals surface area contributed by atoms with E-state index in [0.29, 0.717) is 12.2 Å². The second kappa shape index (κ2) is 8.16. The molecule has 6 nitrogen and oxygen atoms in total. The molecule has 0 saturated heterocycles. The molecule has 1 aliphatic rings. The molecule has 32 heavy (non-hydrogen) atoms. The van der Waals surface area contributed by atoms with Crippen molar-refractivity contribution in [2.45, 2.75) is 12.6 Å². The van der Waals surface area contributed by atoms with E-state index in [0.717, 1.165) is 32.7 Å². The number of carbonyl (C=O) groups excluding carboxylic acids is 2. The third-order valence-corrected chi connectivity index (χ3v) is 6.86. The standard InChI is InChI=1S/C25H23N3O3S/c1-27-20-8-4-3-7-19(20)22-23(16-9-11-17(31-2)12-10-16)28(25(30)24(22)27)15-21(29)26-14-18-6-5-13-32-18/h3-13,23H,14-15H2,1-2H3,(H,26,29)/t23-/m1/s1. The minimum atomic E-state index is -0.345. The van der Waals surface area contributed by atoms with Gasteiger partial charge in [0.2, 0.25) is 5.91 Å². The maximum atomic E-state index is 13.6. The number of nitrogens with one attached hydrogen (secondary N) is 1. The van der Waals surface area contributed by atoms with Gasteiger partial charge in [-0.2, -0.15) is 0 Å². The van der Waals surface area contributed by atoms with Crippen LogP contribution < -0.4 is 10.1 Å². The molecule has 3 heterocycles. The lowest BCUT2D eigenvalue weighted by atomic mass is 9.98. The topological polar surface area (TPSA) is 63.6 Å². The highest BCUT2D eigenvalue weighted by Gasteiger charge is 2.42. The van der Waals surface area contributed by atoms with E-state index in [-0.39, 0.29) is 24.4 Å². The highest BCUT2D eigenvalue weighted by molar-refractivity contribution is 7.09. The Bertz CT molecular complexity index is 1290. The number of para-hydroxylation sites is 1. The number of rotatable bonds is 6. The second-order valence-corrected chi connectivity index (χ2v) is 8.84. The molecular weight excluding hydrogens is 422 g/mol. The molecule has 1 N–H and O–H groups in total. The summed E-state index contributed by atoms with van der Waals surface area (Å²) in [5.74, 6) is 0.435. The summed E-state index contributed by atoms with van der Waals surface area (Å²) in [6.45, 7) is 0.450. The van der Waals surface area contributed by atoms with Gasteiger partial charge in [-0.3, -0.25) is 9.59 Å². The van der Waals surface area contributed by atoms with Crippen molar-refractivity contribution >= 4 is 34.1 Å². The summed E-state index contributed by atoms with van der Waals surface area (Å²) in [5, 5.41) is 5.95. The van der Waals surface area contributed by atoms with Gasteiger partial charge in [0.25, 0.3) is 5.91 Å². The molecule has 1 aliphatic heterocycles. The van der Waals surface area contributed by atoms with E-state index in [2.05, 4.69) is 5.32 Å². The van der Waals surface area contributed by atoms with Crippen LogP contribution in [0.4, 0.5) is 0 Å². The van der Waals surface area contributed by atoms with Gasteiger partial charge >= 0.3 is 0 Å². The van der Waals surface area contributed by atoms with Crippen LogP contribution in [0.5, 0.6) is 5.75 Å². The number of benzene rings is 2. The van der Waals surface area contributed by atoms with E-state index < -0.39 is 0 Å². The third-order valence-electron chi connectivity index (χ3n) is 5.98. The first-order valence-electron chi connectivity index (χ1n) is 10.4. The van der Waals surface area contributed by atoms with Gasteiger partial charge in [0.15, 0.2) is 0 Å². The number of aryl methyl sites for hydroxylation is 1. The zero-order valence-electron chi connectivity index (χ0n) is 17.9. The quantitative estimate of drug-likeness (QED) is 0.486. The van der Waals surface area contributed by atoms with Gasteiger partial charge in [0, 0.05) is 28.4 Å². The van der Waals surface area contributed by atoms with Crippen LogP contribution in [0.2, 0.25) is 0 Å². The van der Waals surface area contributed by atoms with E-state index >= 15 is 0 Å². The van der Waals surface area contributed by atoms with Crippen LogP contribution in [0, 0.1) is 0 Å². The molecule has 162 valence electrons. The summed E-state index contributed by atoms with van der Waals surface area (Å²) in [5.41, 5.74) is 3.54.